The van der Waals surface area contributed by atoms with Crippen molar-refractivity contribution < 1.29 is 27.5 Å². The lowest BCUT2D eigenvalue weighted by Crippen LogP contribution is -2.03. The van der Waals surface area contributed by atoms with Gasteiger partial charge in [0.1, 0.15) is 11.2 Å². The highest BCUT2D eigenvalue weighted by molar-refractivity contribution is 7.16. The van der Waals surface area contributed by atoms with Crippen LogP contribution in [0.3, 0.4) is 0 Å². The van der Waals surface area contributed by atoms with E-state index in [-0.39, 0.29) is 29.8 Å². The summed E-state index contributed by atoms with van der Waals surface area (Å²) >= 11 is 1.48. The molecular weight excluding hydrogens is 394 g/mol. The second kappa shape index (κ2) is 7.72. The molecule has 0 atom stereocenters. The molecule has 3 heterocycles. The number of hydrogen-bond acceptors (Lipinski definition) is 9. The molecule has 0 saturated carbocycles. The molecule has 0 aliphatic carbocycles. The van der Waals surface area contributed by atoms with Crippen LogP contribution in [-0.4, -0.2) is 33.8 Å². The highest BCUT2D eigenvalue weighted by Gasteiger charge is 2.15. The van der Waals surface area contributed by atoms with Crippen molar-refractivity contribution in [1.29, 1.82) is 0 Å². The summed E-state index contributed by atoms with van der Waals surface area (Å²) in [7, 11) is 1.35. The van der Waals surface area contributed by atoms with Gasteiger partial charge >= 0.3 is 6.61 Å². The minimum Gasteiger partial charge on any atom is -0.493 e. The molecule has 0 N–H and O–H groups in total. The first-order valence-corrected chi connectivity index (χ1v) is 8.79. The molecule has 144 valence electrons. The van der Waals surface area contributed by atoms with Crippen molar-refractivity contribution >= 4 is 21.6 Å². The number of methoxy groups -OCH3 is 1. The van der Waals surface area contributed by atoms with Gasteiger partial charge in [0.05, 0.1) is 12.5 Å². The van der Waals surface area contributed by atoms with E-state index in [2.05, 4.69) is 24.8 Å². The molecule has 0 bridgehead atoms. The number of thiophene rings is 1. The minimum absolute atomic E-state index is 0.0126. The molecular formula is C17H12F2N4O4S. The van der Waals surface area contributed by atoms with Gasteiger partial charge in [-0.2, -0.15) is 13.8 Å². The predicted molar refractivity (Wildman–Crippen MR) is 94.7 cm³/mol. The fourth-order valence-electron chi connectivity index (χ4n) is 2.44. The number of fused-ring (bicyclic) bond motifs is 1. The molecule has 11 heteroatoms. The van der Waals surface area contributed by atoms with E-state index in [0.717, 1.165) is 10.2 Å². The Hall–Kier alpha value is -3.34. The normalized spacial score (nSPS) is 11.1. The summed E-state index contributed by atoms with van der Waals surface area (Å²) in [6.45, 7) is -2.94. The van der Waals surface area contributed by atoms with E-state index < -0.39 is 6.61 Å². The summed E-state index contributed by atoms with van der Waals surface area (Å²) in [5.41, 5.74) is 0.510. The van der Waals surface area contributed by atoms with Crippen LogP contribution in [0.25, 0.3) is 21.6 Å². The van der Waals surface area contributed by atoms with E-state index in [1.165, 1.54) is 43.0 Å². The number of aromatic nitrogens is 4. The van der Waals surface area contributed by atoms with Gasteiger partial charge < -0.3 is 18.7 Å². The molecule has 4 aromatic rings. The van der Waals surface area contributed by atoms with Crippen molar-refractivity contribution in [2.24, 2.45) is 0 Å². The molecule has 3 aromatic heterocycles. The van der Waals surface area contributed by atoms with Gasteiger partial charge in [0, 0.05) is 5.56 Å². The molecule has 1 aromatic carbocycles. The van der Waals surface area contributed by atoms with E-state index in [1.54, 1.807) is 0 Å². The maximum atomic E-state index is 12.4. The largest absolute Gasteiger partial charge is 0.493 e. The maximum absolute atomic E-state index is 12.4. The fraction of sp³-hybridized carbons (Fsp3) is 0.176. The molecule has 0 spiro atoms. The van der Waals surface area contributed by atoms with Gasteiger partial charge in [-0.25, -0.2) is 9.97 Å². The Morgan fingerprint density at radius 2 is 2.07 bits per heavy atom. The molecule has 4 rings (SSSR count). The van der Waals surface area contributed by atoms with Crippen LogP contribution in [0.4, 0.5) is 8.78 Å². The van der Waals surface area contributed by atoms with Crippen LogP contribution in [0, 0.1) is 0 Å². The SMILES string of the molecule is COc1cc(-c2noc(COc3ncnc4sccc34)n2)ccc1OC(F)F. The van der Waals surface area contributed by atoms with Crippen molar-refractivity contribution in [1.82, 2.24) is 20.1 Å². The van der Waals surface area contributed by atoms with Crippen LogP contribution in [-0.2, 0) is 6.61 Å². The minimum atomic E-state index is -2.95. The summed E-state index contributed by atoms with van der Waals surface area (Å²) < 4.78 is 45.2. The lowest BCUT2D eigenvalue weighted by atomic mass is 10.2. The van der Waals surface area contributed by atoms with E-state index in [4.69, 9.17) is 14.0 Å². The quantitative estimate of drug-likeness (QED) is 0.456. The third-order valence-corrected chi connectivity index (χ3v) is 4.48. The predicted octanol–water partition coefficient (Wildman–Crippen LogP) is 3.93. The lowest BCUT2D eigenvalue weighted by Gasteiger charge is -2.10. The second-order valence-electron chi connectivity index (χ2n) is 5.36. The van der Waals surface area contributed by atoms with Crippen LogP contribution in [0.2, 0.25) is 0 Å². The number of alkyl halides is 2. The molecule has 0 radical (unpaired) electrons. The summed E-state index contributed by atoms with van der Waals surface area (Å²) in [4.78, 5) is 13.3. The molecule has 0 aliphatic heterocycles. The Bertz CT molecular complexity index is 1100. The van der Waals surface area contributed by atoms with Crippen LogP contribution >= 0.6 is 11.3 Å². The lowest BCUT2D eigenvalue weighted by molar-refractivity contribution is -0.0512. The fourth-order valence-corrected chi connectivity index (χ4v) is 3.17. The molecule has 0 amide bonds. The zero-order valence-electron chi connectivity index (χ0n) is 14.3. The number of benzene rings is 1. The standard InChI is InChI=1S/C17H12F2N4O4S/c1-24-12-6-9(2-3-11(12)26-17(18)19)14-22-13(27-23-14)7-25-15-10-4-5-28-16(10)21-8-20-15/h2-6,8,17H,7H2,1H3. The molecule has 28 heavy (non-hydrogen) atoms. The van der Waals surface area contributed by atoms with Gasteiger partial charge in [0.2, 0.25) is 11.7 Å². The van der Waals surface area contributed by atoms with E-state index in [1.807, 2.05) is 11.4 Å². The first-order valence-electron chi connectivity index (χ1n) is 7.91. The van der Waals surface area contributed by atoms with Gasteiger partial charge in [0.15, 0.2) is 18.1 Å². The van der Waals surface area contributed by atoms with Gasteiger partial charge in [-0.3, -0.25) is 0 Å². The average molecular weight is 406 g/mol. The monoisotopic (exact) mass is 406 g/mol. The van der Waals surface area contributed by atoms with Crippen molar-refractivity contribution in [3.8, 4) is 28.8 Å². The van der Waals surface area contributed by atoms with Gasteiger partial charge in [-0.15, -0.1) is 11.3 Å². The maximum Gasteiger partial charge on any atom is 0.387 e. The molecule has 0 unspecified atom stereocenters. The zero-order chi connectivity index (χ0) is 19.5. The van der Waals surface area contributed by atoms with Crippen LogP contribution < -0.4 is 14.2 Å². The Morgan fingerprint density at radius 3 is 2.89 bits per heavy atom. The molecule has 0 saturated heterocycles. The van der Waals surface area contributed by atoms with Gasteiger partial charge in [0.25, 0.3) is 5.89 Å². The highest BCUT2D eigenvalue weighted by Crippen LogP contribution is 2.32. The highest BCUT2D eigenvalue weighted by atomic mass is 32.1. The smallest absolute Gasteiger partial charge is 0.387 e. The number of halogens is 2. The van der Waals surface area contributed by atoms with Crippen LogP contribution in [0.15, 0.2) is 40.5 Å². The number of hydrogen-bond donors (Lipinski definition) is 0. The van der Waals surface area contributed by atoms with Crippen LogP contribution in [0.1, 0.15) is 5.89 Å². The topological polar surface area (TPSA) is 92.4 Å². The molecule has 0 fully saturated rings. The first-order chi connectivity index (χ1) is 13.6. The van der Waals surface area contributed by atoms with E-state index in [0.29, 0.717) is 11.4 Å². The Labute approximate surface area is 160 Å². The molecule has 0 aliphatic rings. The zero-order valence-corrected chi connectivity index (χ0v) is 15.2. The third-order valence-electron chi connectivity index (χ3n) is 3.66. The summed E-state index contributed by atoms with van der Waals surface area (Å²) in [6.07, 6.45) is 1.42. The van der Waals surface area contributed by atoms with E-state index >= 15 is 0 Å². The first kappa shape index (κ1) is 18.0. The number of nitrogens with zero attached hydrogens (tertiary/aromatic N) is 4. The van der Waals surface area contributed by atoms with Crippen molar-refractivity contribution in [2.45, 2.75) is 13.2 Å². The summed E-state index contributed by atoms with van der Waals surface area (Å²) in [5.74, 6) is 0.937. The number of ether oxygens (including phenoxy) is 3. The Balaban J connectivity index is 1.50. The van der Waals surface area contributed by atoms with Crippen molar-refractivity contribution in [3.63, 3.8) is 0 Å². The third kappa shape index (κ3) is 3.69. The average Bonchev–Trinajstić information content (AvgIpc) is 3.36. The van der Waals surface area contributed by atoms with E-state index in [9.17, 15) is 8.78 Å². The van der Waals surface area contributed by atoms with Gasteiger partial charge in [-0.05, 0) is 29.6 Å². The Kier molecular flexibility index (Phi) is 4.98. The summed E-state index contributed by atoms with van der Waals surface area (Å²) in [5, 5.41) is 6.57. The molecule has 8 nitrogen and oxygen atoms in total. The second-order valence-corrected chi connectivity index (χ2v) is 6.26. The summed E-state index contributed by atoms with van der Waals surface area (Å²) in [6, 6.07) is 6.21. The Morgan fingerprint density at radius 1 is 1.18 bits per heavy atom. The van der Waals surface area contributed by atoms with Crippen molar-refractivity contribution in [2.75, 3.05) is 7.11 Å². The number of rotatable bonds is 7. The van der Waals surface area contributed by atoms with Crippen molar-refractivity contribution in [3.05, 3.63) is 41.9 Å². The van der Waals surface area contributed by atoms with Gasteiger partial charge in [-0.1, -0.05) is 5.16 Å². The van der Waals surface area contributed by atoms with Crippen LogP contribution in [0.5, 0.6) is 17.4 Å².